The Kier molecular flexibility index (Phi) is 73.6. The molecule has 0 aliphatic carbocycles. The van der Waals surface area contributed by atoms with Crippen LogP contribution >= 0.6 is 21.6 Å². The zero-order valence-corrected chi connectivity index (χ0v) is 66.7. The Bertz CT molecular complexity index is 1830. The van der Waals surface area contributed by atoms with Crippen molar-refractivity contribution in [3.8, 4) is 0 Å². The van der Waals surface area contributed by atoms with Crippen LogP contribution < -0.4 is 0 Å². The van der Waals surface area contributed by atoms with E-state index in [4.69, 9.17) is 4.74 Å². The third-order valence-electron chi connectivity index (χ3n) is 19.1. The molecule has 1 fully saturated rings. The van der Waals surface area contributed by atoms with Crippen molar-refractivity contribution in [1.29, 1.82) is 0 Å². The quantitative estimate of drug-likeness (QED) is 0.0201. The predicted octanol–water partition coefficient (Wildman–Crippen LogP) is 22.4. The van der Waals surface area contributed by atoms with Crippen molar-refractivity contribution in [2.45, 2.75) is 354 Å². The van der Waals surface area contributed by atoms with Crippen LogP contribution in [0, 0.1) is 0 Å². The first-order chi connectivity index (χ1) is 48.7. The lowest BCUT2D eigenvalue weighted by atomic mass is 10.1. The van der Waals surface area contributed by atoms with Gasteiger partial charge in [0.15, 0.2) is 0 Å². The number of ether oxygens (including phenoxy) is 1. The van der Waals surface area contributed by atoms with Gasteiger partial charge in [-0.25, -0.2) is 0 Å². The maximum Gasteiger partial charge on any atom is 0.305 e. The van der Waals surface area contributed by atoms with Crippen LogP contribution in [-0.4, -0.2) is 167 Å². The minimum Gasteiger partial charge on any atom is -0.464 e. The molecule has 576 valence electrons. The number of nitrogens with zero attached hydrogens (tertiary/aromatic N) is 4. The maximum absolute atomic E-state index is 13.0. The van der Waals surface area contributed by atoms with Crippen LogP contribution in [0.5, 0.6) is 0 Å². The van der Waals surface area contributed by atoms with Crippen LogP contribution in [0.1, 0.15) is 329 Å². The summed E-state index contributed by atoms with van der Waals surface area (Å²) in [7, 11) is 3.93. The molecule has 0 saturated carbocycles. The lowest BCUT2D eigenvalue weighted by molar-refractivity contribution is -0.144. The second-order valence-corrected chi connectivity index (χ2v) is 31.5. The van der Waals surface area contributed by atoms with E-state index < -0.39 is 12.2 Å². The van der Waals surface area contributed by atoms with E-state index in [0.717, 1.165) is 205 Å². The molecule has 1 aliphatic heterocycles. The number of piperazine rings is 1. The SMILES string of the molecule is CC/C=C\C/C=C\C/C=C\CCCCCC[C@H](O)CN(CCCSSCCN1CCN(CCOC(=O)CCCN(C[C@H](O)CCCCCC/C=C\CCCCCCCC)C[C@H](O)CCCCCC/C=C\CCCCCCCC)CC1)C[C@@H](O)CCCCCC/C=C\C/C=C\C/C=C\CC. The van der Waals surface area contributed by atoms with E-state index in [-0.39, 0.29) is 18.2 Å². The molecule has 99 heavy (non-hydrogen) atoms. The zero-order chi connectivity index (χ0) is 71.5. The smallest absolute Gasteiger partial charge is 0.305 e. The van der Waals surface area contributed by atoms with Crippen molar-refractivity contribution in [2.24, 2.45) is 0 Å². The molecule has 0 unspecified atom stereocenters. The summed E-state index contributed by atoms with van der Waals surface area (Å²) in [6.45, 7) is 19.1. The zero-order valence-electron chi connectivity index (χ0n) is 65.1. The predicted molar refractivity (Wildman–Crippen MR) is 438 cm³/mol. The monoisotopic (exact) mass is 1420 g/mol. The van der Waals surface area contributed by atoms with Crippen LogP contribution in [0.2, 0.25) is 0 Å². The van der Waals surface area contributed by atoms with Gasteiger partial charge < -0.3 is 25.2 Å². The highest BCUT2D eigenvalue weighted by molar-refractivity contribution is 8.76. The number of aliphatic hydroxyl groups excluding tert-OH is 4. The highest BCUT2D eigenvalue weighted by atomic mass is 33.1. The first kappa shape index (κ1) is 94.8. The molecule has 0 aromatic carbocycles. The number of hydrogen-bond donors (Lipinski definition) is 4. The fourth-order valence-corrected chi connectivity index (χ4v) is 15.0. The number of allylic oxidation sites excluding steroid dienone is 16. The van der Waals surface area contributed by atoms with Crippen LogP contribution in [-0.2, 0) is 9.53 Å². The van der Waals surface area contributed by atoms with Gasteiger partial charge in [-0.15, -0.1) is 0 Å². The minimum absolute atomic E-state index is 0.153. The summed E-state index contributed by atoms with van der Waals surface area (Å²) in [6.07, 6.45) is 88.0. The average Bonchev–Trinajstić information content (AvgIpc) is 2.50. The third kappa shape index (κ3) is 69.9. The van der Waals surface area contributed by atoms with Gasteiger partial charge in [0, 0.05) is 83.4 Å². The van der Waals surface area contributed by atoms with E-state index in [9.17, 15) is 25.2 Å². The van der Waals surface area contributed by atoms with E-state index in [1.54, 1.807) is 0 Å². The van der Waals surface area contributed by atoms with E-state index >= 15 is 0 Å². The summed E-state index contributed by atoms with van der Waals surface area (Å²) in [5.74, 6) is 1.99. The van der Waals surface area contributed by atoms with Gasteiger partial charge in [0.2, 0.25) is 0 Å². The van der Waals surface area contributed by atoms with Crippen molar-refractivity contribution in [1.82, 2.24) is 19.6 Å². The van der Waals surface area contributed by atoms with E-state index in [0.29, 0.717) is 52.2 Å². The van der Waals surface area contributed by atoms with Crippen LogP contribution in [0.3, 0.4) is 0 Å². The standard InChI is InChI=1S/C87H160N4O6S2/c1-5-9-13-17-21-25-29-33-37-41-45-49-53-57-63-83(92)79-90(80-84(93)64-58-54-50-46-42-38-34-30-26-22-18-14-10-6-2)68-61-67-87(96)97-76-74-88-70-72-89(73-71-88)75-78-99-98-77-62-69-91(81-85(94)65-59-55-51-47-43-39-35-31-27-23-19-15-11-7-3)82-86(95)66-60-56-52-48-44-40-36-32-28-24-20-16-12-8-4/h11-12,15-16,23-24,27-28,33-40,83-86,92-95H,5-10,13-14,17-22,25-26,29-32,41-82H2,1-4H3/b15-11-,16-12-,27-23-,28-24-,37-33-,38-34-,39-35-,40-36-/t83-,84-,85+,86+/m1/s1. The van der Waals surface area contributed by atoms with Gasteiger partial charge in [0.05, 0.1) is 24.4 Å². The Balaban J connectivity index is 2.49. The maximum atomic E-state index is 13.0. The van der Waals surface area contributed by atoms with Crippen molar-refractivity contribution in [3.63, 3.8) is 0 Å². The Morgan fingerprint density at radius 2 is 0.646 bits per heavy atom. The normalized spacial score (nSPS) is 15.2. The Hall–Kier alpha value is -2.23. The Morgan fingerprint density at radius 1 is 0.354 bits per heavy atom. The molecule has 1 aliphatic rings. The van der Waals surface area contributed by atoms with Crippen molar-refractivity contribution in [2.75, 3.05) is 96.6 Å². The summed E-state index contributed by atoms with van der Waals surface area (Å²) >= 11 is 0. The lowest BCUT2D eigenvalue weighted by Gasteiger charge is -2.34. The molecule has 0 bridgehead atoms. The number of hydrogen-bond acceptors (Lipinski definition) is 12. The number of unbranched alkanes of at least 4 members (excludes halogenated alkanes) is 28. The van der Waals surface area contributed by atoms with Crippen LogP contribution in [0.15, 0.2) is 97.2 Å². The summed E-state index contributed by atoms with van der Waals surface area (Å²) in [5.41, 5.74) is 0. The number of rotatable bonds is 75. The van der Waals surface area contributed by atoms with Crippen LogP contribution in [0.4, 0.5) is 0 Å². The van der Waals surface area contributed by atoms with E-state index in [1.165, 1.54) is 141 Å². The topological polar surface area (TPSA) is 120 Å². The Labute approximate surface area is 621 Å². The highest BCUT2D eigenvalue weighted by Gasteiger charge is 2.20. The minimum atomic E-state index is -0.435. The molecule has 10 nitrogen and oxygen atoms in total. The average molecular weight is 1420 g/mol. The first-order valence-electron chi connectivity index (χ1n) is 41.9. The first-order valence-corrected chi connectivity index (χ1v) is 44.4. The molecular weight excluding hydrogens is 1260 g/mol. The van der Waals surface area contributed by atoms with Gasteiger partial charge in [-0.05, 0) is 167 Å². The fraction of sp³-hybridized carbons (Fsp3) is 0.805. The van der Waals surface area contributed by atoms with Gasteiger partial charge in [0.25, 0.3) is 0 Å². The van der Waals surface area contributed by atoms with Crippen molar-refractivity contribution in [3.05, 3.63) is 97.2 Å². The molecule has 0 aromatic rings. The third-order valence-corrected chi connectivity index (χ3v) is 21.6. The lowest BCUT2D eigenvalue weighted by Crippen LogP contribution is -2.47. The summed E-state index contributed by atoms with van der Waals surface area (Å²) in [5, 5.41) is 44.8. The molecule has 0 spiro atoms. The molecule has 1 heterocycles. The van der Waals surface area contributed by atoms with Gasteiger partial charge in [-0.2, -0.15) is 0 Å². The number of esters is 1. The van der Waals surface area contributed by atoms with Gasteiger partial charge >= 0.3 is 5.97 Å². The summed E-state index contributed by atoms with van der Waals surface area (Å²) in [4.78, 5) is 22.6. The number of carbonyl (C=O) groups is 1. The van der Waals surface area contributed by atoms with Gasteiger partial charge in [0.1, 0.15) is 6.61 Å². The second-order valence-electron chi connectivity index (χ2n) is 28.7. The highest BCUT2D eigenvalue weighted by Crippen LogP contribution is 2.23. The molecule has 4 atom stereocenters. The van der Waals surface area contributed by atoms with Gasteiger partial charge in [-0.1, -0.05) is 288 Å². The number of carbonyl (C=O) groups excluding carboxylic acids is 1. The summed E-state index contributed by atoms with van der Waals surface area (Å²) in [6, 6.07) is 0. The van der Waals surface area contributed by atoms with Crippen molar-refractivity contribution >= 4 is 27.6 Å². The second kappa shape index (κ2) is 76.9. The summed E-state index contributed by atoms with van der Waals surface area (Å²) < 4.78 is 5.78. The molecule has 1 rings (SSSR count). The molecule has 0 aromatic heterocycles. The fourth-order valence-electron chi connectivity index (χ4n) is 12.9. The van der Waals surface area contributed by atoms with E-state index in [1.807, 2.05) is 21.6 Å². The molecular formula is C87H160N4O6S2. The Morgan fingerprint density at radius 3 is 1.01 bits per heavy atom. The molecule has 0 radical (unpaired) electrons. The molecule has 1 saturated heterocycles. The van der Waals surface area contributed by atoms with Crippen molar-refractivity contribution < 1.29 is 30.0 Å². The molecule has 4 N–H and O–H groups in total. The van der Waals surface area contributed by atoms with E-state index in [2.05, 4.69) is 145 Å². The van der Waals surface area contributed by atoms with Crippen LogP contribution in [0.25, 0.3) is 0 Å². The molecule has 0 amide bonds. The largest absolute Gasteiger partial charge is 0.464 e. The number of aliphatic hydroxyl groups is 4. The van der Waals surface area contributed by atoms with Gasteiger partial charge in [-0.3, -0.25) is 24.4 Å². The molecule has 12 heteroatoms.